The van der Waals surface area contributed by atoms with Crippen molar-refractivity contribution in [3.8, 4) is 0 Å². The smallest absolute Gasteiger partial charge is 0.251 e. The van der Waals surface area contributed by atoms with E-state index in [4.69, 9.17) is 11.6 Å². The molecule has 4 nitrogen and oxygen atoms in total. The van der Waals surface area contributed by atoms with Crippen LogP contribution in [0, 0.1) is 0 Å². The summed E-state index contributed by atoms with van der Waals surface area (Å²) in [5.74, 6) is 0.268. The van der Waals surface area contributed by atoms with E-state index < -0.39 is 0 Å². The van der Waals surface area contributed by atoms with Crippen LogP contribution in [0.1, 0.15) is 35.2 Å². The third-order valence-corrected chi connectivity index (χ3v) is 3.26. The van der Waals surface area contributed by atoms with Crippen LogP contribution in [0.2, 0.25) is 0 Å². The second-order valence-corrected chi connectivity index (χ2v) is 4.95. The monoisotopic (exact) mass is 280 g/mol. The van der Waals surface area contributed by atoms with Crippen molar-refractivity contribution in [3.05, 3.63) is 35.4 Å². The molecule has 0 atom stereocenters. The molecule has 2 N–H and O–H groups in total. The maximum atomic E-state index is 11.8. The highest BCUT2D eigenvalue weighted by molar-refractivity contribution is 6.17. The summed E-state index contributed by atoms with van der Waals surface area (Å²) in [4.78, 5) is 23.2. The Hall–Kier alpha value is -1.55. The molecule has 0 radical (unpaired) electrons. The first kappa shape index (κ1) is 13.9. The lowest BCUT2D eigenvalue weighted by Gasteiger charge is -2.06. The molecular formula is C14H17ClN2O2. The molecule has 2 amide bonds. The lowest BCUT2D eigenvalue weighted by molar-refractivity contribution is -0.121. The molecule has 1 aliphatic carbocycles. The van der Waals surface area contributed by atoms with Crippen molar-refractivity contribution in [1.29, 1.82) is 0 Å². The molecule has 0 bridgehead atoms. The zero-order valence-corrected chi connectivity index (χ0v) is 11.4. The Morgan fingerprint density at radius 1 is 1.21 bits per heavy atom. The van der Waals surface area contributed by atoms with Crippen LogP contribution in [-0.2, 0) is 10.7 Å². The fourth-order valence-corrected chi connectivity index (χ4v) is 1.84. The van der Waals surface area contributed by atoms with E-state index in [1.54, 1.807) is 12.1 Å². The minimum atomic E-state index is -0.166. The van der Waals surface area contributed by atoms with Gasteiger partial charge in [-0.05, 0) is 30.5 Å². The first-order chi connectivity index (χ1) is 9.19. The van der Waals surface area contributed by atoms with E-state index in [1.165, 1.54) is 0 Å². The molecule has 0 saturated heterocycles. The summed E-state index contributed by atoms with van der Waals surface area (Å²) in [7, 11) is 0. The SMILES string of the molecule is O=C(CCNC(=O)c1ccc(CCl)cc1)NC1CC1. The van der Waals surface area contributed by atoms with Crippen molar-refractivity contribution >= 4 is 23.4 Å². The normalized spacial score (nSPS) is 13.9. The number of benzene rings is 1. The molecule has 0 spiro atoms. The minimum absolute atomic E-state index is 0.000267. The Balaban J connectivity index is 1.71. The van der Waals surface area contributed by atoms with Crippen molar-refractivity contribution in [2.24, 2.45) is 0 Å². The third-order valence-electron chi connectivity index (χ3n) is 2.95. The lowest BCUT2D eigenvalue weighted by atomic mass is 10.1. The van der Waals surface area contributed by atoms with Crippen molar-refractivity contribution in [1.82, 2.24) is 10.6 Å². The topological polar surface area (TPSA) is 58.2 Å². The van der Waals surface area contributed by atoms with Crippen molar-refractivity contribution < 1.29 is 9.59 Å². The van der Waals surface area contributed by atoms with Crippen molar-refractivity contribution in [3.63, 3.8) is 0 Å². The van der Waals surface area contributed by atoms with Crippen LogP contribution < -0.4 is 10.6 Å². The number of nitrogens with one attached hydrogen (secondary N) is 2. The molecule has 1 saturated carbocycles. The van der Waals surface area contributed by atoms with Crippen LogP contribution in [0.25, 0.3) is 0 Å². The highest BCUT2D eigenvalue weighted by Crippen LogP contribution is 2.18. The van der Waals surface area contributed by atoms with E-state index in [0.717, 1.165) is 18.4 Å². The van der Waals surface area contributed by atoms with Crippen LogP contribution >= 0.6 is 11.6 Å². The highest BCUT2D eigenvalue weighted by Gasteiger charge is 2.22. The van der Waals surface area contributed by atoms with E-state index in [-0.39, 0.29) is 11.8 Å². The van der Waals surface area contributed by atoms with E-state index >= 15 is 0 Å². The molecule has 19 heavy (non-hydrogen) atoms. The van der Waals surface area contributed by atoms with Crippen LogP contribution in [0.5, 0.6) is 0 Å². The van der Waals surface area contributed by atoms with Gasteiger partial charge in [0.15, 0.2) is 0 Å². The van der Waals surface area contributed by atoms with Gasteiger partial charge >= 0.3 is 0 Å². The maximum absolute atomic E-state index is 11.8. The molecular weight excluding hydrogens is 264 g/mol. The van der Waals surface area contributed by atoms with Crippen molar-refractivity contribution in [2.75, 3.05) is 6.54 Å². The number of alkyl halides is 1. The van der Waals surface area contributed by atoms with Gasteiger partial charge in [0.25, 0.3) is 5.91 Å². The van der Waals surface area contributed by atoms with E-state index in [2.05, 4.69) is 10.6 Å². The van der Waals surface area contributed by atoms with Gasteiger partial charge in [-0.25, -0.2) is 0 Å². The van der Waals surface area contributed by atoms with Gasteiger partial charge < -0.3 is 10.6 Å². The summed E-state index contributed by atoms with van der Waals surface area (Å²) in [6.07, 6.45) is 2.47. The predicted octanol–water partition coefficient (Wildman–Crippen LogP) is 1.82. The maximum Gasteiger partial charge on any atom is 0.251 e. The summed E-state index contributed by atoms with van der Waals surface area (Å²) in [5, 5.41) is 5.61. The van der Waals surface area contributed by atoms with Crippen LogP contribution in [0.3, 0.4) is 0 Å². The van der Waals surface area contributed by atoms with Gasteiger partial charge in [-0.15, -0.1) is 11.6 Å². The Morgan fingerprint density at radius 2 is 1.89 bits per heavy atom. The summed E-state index contributed by atoms with van der Waals surface area (Å²) < 4.78 is 0. The van der Waals surface area contributed by atoms with Crippen molar-refractivity contribution in [2.45, 2.75) is 31.2 Å². The molecule has 1 aromatic rings. The lowest BCUT2D eigenvalue weighted by Crippen LogP contribution is -2.31. The molecule has 1 aliphatic rings. The quantitative estimate of drug-likeness (QED) is 0.781. The zero-order valence-electron chi connectivity index (χ0n) is 10.6. The number of carbonyl (C=O) groups excluding carboxylic acids is 2. The standard InChI is InChI=1S/C14H17ClN2O2/c15-9-10-1-3-11(4-2-10)14(19)16-8-7-13(18)17-12-5-6-12/h1-4,12H,5-9H2,(H,16,19)(H,17,18). The molecule has 0 aromatic heterocycles. The van der Waals surface area contributed by atoms with Crippen LogP contribution in [0.15, 0.2) is 24.3 Å². The van der Waals surface area contributed by atoms with Gasteiger partial charge in [0.1, 0.15) is 0 Å². The Bertz CT molecular complexity index is 455. The summed E-state index contributed by atoms with van der Waals surface area (Å²) in [6.45, 7) is 0.356. The first-order valence-corrected chi connectivity index (χ1v) is 6.95. The molecule has 1 aromatic carbocycles. The largest absolute Gasteiger partial charge is 0.353 e. The van der Waals surface area contributed by atoms with E-state index in [0.29, 0.717) is 30.5 Å². The second-order valence-electron chi connectivity index (χ2n) is 4.68. The number of hydrogen-bond donors (Lipinski definition) is 2. The average molecular weight is 281 g/mol. The Labute approximate surface area is 117 Å². The van der Waals surface area contributed by atoms with Gasteiger partial charge in [0.2, 0.25) is 5.91 Å². The predicted molar refractivity (Wildman–Crippen MR) is 74.1 cm³/mol. The average Bonchev–Trinajstić information content (AvgIpc) is 3.22. The van der Waals surface area contributed by atoms with E-state index in [1.807, 2.05) is 12.1 Å². The number of hydrogen-bond acceptors (Lipinski definition) is 2. The fraction of sp³-hybridized carbons (Fsp3) is 0.429. The molecule has 1 fully saturated rings. The molecule has 0 unspecified atom stereocenters. The van der Waals surface area contributed by atoms with Gasteiger partial charge in [-0.1, -0.05) is 12.1 Å². The van der Waals surface area contributed by atoms with Crippen LogP contribution in [0.4, 0.5) is 0 Å². The minimum Gasteiger partial charge on any atom is -0.353 e. The molecule has 5 heteroatoms. The third kappa shape index (κ3) is 4.56. The molecule has 0 heterocycles. The summed E-state index contributed by atoms with van der Waals surface area (Å²) >= 11 is 5.68. The summed E-state index contributed by atoms with van der Waals surface area (Å²) in [5.41, 5.74) is 1.55. The highest BCUT2D eigenvalue weighted by atomic mass is 35.5. The number of halogens is 1. The molecule has 102 valence electrons. The Kier molecular flexibility index (Phi) is 4.80. The molecule has 0 aliphatic heterocycles. The number of rotatable bonds is 6. The number of amides is 2. The zero-order chi connectivity index (χ0) is 13.7. The molecule has 2 rings (SSSR count). The van der Waals surface area contributed by atoms with Gasteiger partial charge in [0, 0.05) is 30.5 Å². The van der Waals surface area contributed by atoms with Gasteiger partial charge in [-0.2, -0.15) is 0 Å². The first-order valence-electron chi connectivity index (χ1n) is 6.41. The van der Waals surface area contributed by atoms with Gasteiger partial charge in [-0.3, -0.25) is 9.59 Å². The van der Waals surface area contributed by atoms with Gasteiger partial charge in [0.05, 0.1) is 0 Å². The second kappa shape index (κ2) is 6.57. The number of carbonyl (C=O) groups is 2. The van der Waals surface area contributed by atoms with Crippen LogP contribution in [-0.4, -0.2) is 24.4 Å². The Morgan fingerprint density at radius 3 is 2.47 bits per heavy atom. The summed E-state index contributed by atoms with van der Waals surface area (Å²) in [6, 6.07) is 7.48. The van der Waals surface area contributed by atoms with E-state index in [9.17, 15) is 9.59 Å². The fourth-order valence-electron chi connectivity index (χ4n) is 1.66.